The number of nitriles is 1. The Morgan fingerprint density at radius 1 is 1.46 bits per heavy atom. The molecular formula is C16H7BrClFN4O3. The van der Waals surface area contributed by atoms with Gasteiger partial charge in [0.1, 0.15) is 27.6 Å². The number of carbonyl (C=O) groups is 1. The lowest BCUT2D eigenvalue weighted by Crippen LogP contribution is -2.10. The predicted octanol–water partition coefficient (Wildman–Crippen LogP) is 4.14. The zero-order valence-corrected chi connectivity index (χ0v) is 15.3. The fourth-order valence-corrected chi connectivity index (χ4v) is 3.16. The van der Waals surface area contributed by atoms with Crippen LogP contribution in [-0.2, 0) is 7.05 Å². The van der Waals surface area contributed by atoms with Crippen molar-refractivity contribution >= 4 is 49.9 Å². The van der Waals surface area contributed by atoms with E-state index in [1.807, 2.05) is 0 Å². The van der Waals surface area contributed by atoms with Gasteiger partial charge in [-0.25, -0.2) is 4.39 Å². The molecule has 0 atom stereocenters. The first-order valence-corrected chi connectivity index (χ1v) is 8.16. The van der Waals surface area contributed by atoms with E-state index >= 15 is 0 Å². The van der Waals surface area contributed by atoms with Gasteiger partial charge in [-0.2, -0.15) is 10.4 Å². The molecule has 0 fully saturated rings. The number of ketones is 1. The summed E-state index contributed by atoms with van der Waals surface area (Å²) >= 11 is 9.19. The zero-order chi connectivity index (χ0) is 19.2. The lowest BCUT2D eigenvalue weighted by molar-refractivity contribution is -0.385. The molecule has 0 spiro atoms. The van der Waals surface area contributed by atoms with Gasteiger partial charge in [-0.1, -0.05) is 11.6 Å². The molecular weight excluding hydrogens is 431 g/mol. The van der Waals surface area contributed by atoms with Gasteiger partial charge in [-0.3, -0.25) is 19.6 Å². The molecule has 1 heterocycles. The van der Waals surface area contributed by atoms with E-state index in [-0.39, 0.29) is 21.7 Å². The monoisotopic (exact) mass is 436 g/mol. The number of rotatable bonds is 3. The number of hydrogen-bond acceptors (Lipinski definition) is 5. The highest BCUT2D eigenvalue weighted by Gasteiger charge is 2.31. The minimum absolute atomic E-state index is 0.0862. The van der Waals surface area contributed by atoms with E-state index in [9.17, 15) is 24.6 Å². The number of nitro benzene ring substituents is 1. The van der Waals surface area contributed by atoms with Gasteiger partial charge in [0.25, 0.3) is 5.69 Å². The van der Waals surface area contributed by atoms with Crippen LogP contribution in [0.2, 0.25) is 5.02 Å². The van der Waals surface area contributed by atoms with Crippen LogP contribution in [0.5, 0.6) is 0 Å². The molecule has 0 amide bonds. The summed E-state index contributed by atoms with van der Waals surface area (Å²) in [6.07, 6.45) is 0. The van der Waals surface area contributed by atoms with Gasteiger partial charge in [0.05, 0.1) is 15.5 Å². The smallest absolute Gasteiger partial charge is 0.282 e. The highest BCUT2D eigenvalue weighted by Crippen LogP contribution is 2.36. The molecule has 0 bridgehead atoms. The lowest BCUT2D eigenvalue weighted by atomic mass is 9.95. The molecule has 0 saturated heterocycles. The minimum Gasteiger partial charge on any atom is -0.288 e. The Morgan fingerprint density at radius 2 is 2.15 bits per heavy atom. The third-order valence-corrected chi connectivity index (χ3v) is 5.01. The quantitative estimate of drug-likeness (QED) is 0.348. The number of nitrogens with zero attached hydrogens (tertiary/aromatic N) is 4. The number of nitro groups is 1. The number of carbonyl (C=O) groups excluding carboxylic acids is 1. The van der Waals surface area contributed by atoms with Crippen molar-refractivity contribution in [2.24, 2.45) is 7.05 Å². The SMILES string of the molecule is Cn1nc2c(C#N)c(C(=O)c3cc(F)ccc3Cl)c([N+](=O)[O-])cc2c1Br. The summed E-state index contributed by atoms with van der Waals surface area (Å²) < 4.78 is 15.3. The summed E-state index contributed by atoms with van der Waals surface area (Å²) in [6, 6.07) is 6.03. The molecule has 0 aliphatic rings. The maximum absolute atomic E-state index is 13.5. The third kappa shape index (κ3) is 2.73. The van der Waals surface area contributed by atoms with Crippen molar-refractivity contribution in [1.82, 2.24) is 9.78 Å². The van der Waals surface area contributed by atoms with E-state index in [1.54, 1.807) is 13.1 Å². The van der Waals surface area contributed by atoms with Crippen LogP contribution < -0.4 is 0 Å². The van der Waals surface area contributed by atoms with Gasteiger partial charge in [-0.05, 0) is 34.1 Å². The summed E-state index contributed by atoms with van der Waals surface area (Å²) in [5.74, 6) is -1.66. The topological polar surface area (TPSA) is 102 Å². The number of hydrogen-bond donors (Lipinski definition) is 0. The molecule has 0 aliphatic carbocycles. The Kier molecular flexibility index (Phi) is 4.48. The van der Waals surface area contributed by atoms with Gasteiger partial charge in [0, 0.05) is 24.1 Å². The Labute approximate surface area is 158 Å². The molecule has 0 N–H and O–H groups in total. The number of aryl methyl sites for hydroxylation is 1. The summed E-state index contributed by atoms with van der Waals surface area (Å²) in [5.41, 5.74) is -1.51. The molecule has 7 nitrogen and oxygen atoms in total. The molecule has 0 radical (unpaired) electrons. The fourth-order valence-electron chi connectivity index (χ4n) is 2.58. The molecule has 3 aromatic rings. The number of halogens is 3. The molecule has 0 unspecified atom stereocenters. The summed E-state index contributed by atoms with van der Waals surface area (Å²) in [7, 11) is 1.57. The van der Waals surface area contributed by atoms with Crippen molar-refractivity contribution in [1.29, 1.82) is 5.26 Å². The van der Waals surface area contributed by atoms with Gasteiger partial charge in [0.2, 0.25) is 5.78 Å². The normalized spacial score (nSPS) is 10.7. The van der Waals surface area contributed by atoms with E-state index in [2.05, 4.69) is 21.0 Å². The highest BCUT2D eigenvalue weighted by atomic mass is 79.9. The molecule has 0 aliphatic heterocycles. The van der Waals surface area contributed by atoms with Gasteiger partial charge in [0.15, 0.2) is 0 Å². The van der Waals surface area contributed by atoms with Crippen molar-refractivity contribution in [3.05, 3.63) is 66.5 Å². The third-order valence-electron chi connectivity index (χ3n) is 3.74. The maximum atomic E-state index is 13.5. The Morgan fingerprint density at radius 3 is 2.77 bits per heavy atom. The van der Waals surface area contributed by atoms with Crippen LogP contribution in [0.4, 0.5) is 10.1 Å². The average molecular weight is 438 g/mol. The lowest BCUT2D eigenvalue weighted by Gasteiger charge is -2.07. The van der Waals surface area contributed by atoms with Crippen LogP contribution in [-0.4, -0.2) is 20.5 Å². The zero-order valence-electron chi connectivity index (χ0n) is 13.0. The van der Waals surface area contributed by atoms with Crippen molar-refractivity contribution in [2.75, 3.05) is 0 Å². The van der Waals surface area contributed by atoms with E-state index in [4.69, 9.17) is 11.6 Å². The summed E-state index contributed by atoms with van der Waals surface area (Å²) in [4.78, 5) is 23.7. The first-order chi connectivity index (χ1) is 12.3. The van der Waals surface area contributed by atoms with Crippen LogP contribution in [0.25, 0.3) is 10.9 Å². The Balaban J connectivity index is 2.43. The standard InChI is InChI=1S/C16H7BrClFN4O3/c1-22-16(17)9-5-12(23(25)26)13(10(6-20)14(9)21-22)15(24)8-4-7(19)2-3-11(8)18/h2-5H,1H3. The molecule has 130 valence electrons. The molecule has 0 saturated carbocycles. The van der Waals surface area contributed by atoms with Crippen LogP contribution in [0, 0.1) is 27.3 Å². The number of aromatic nitrogens is 2. The number of benzene rings is 2. The molecule has 2 aromatic carbocycles. The van der Waals surface area contributed by atoms with E-state index in [0.717, 1.165) is 24.3 Å². The van der Waals surface area contributed by atoms with Crippen LogP contribution >= 0.6 is 27.5 Å². The van der Waals surface area contributed by atoms with Gasteiger partial charge >= 0.3 is 0 Å². The number of fused-ring (bicyclic) bond motifs is 1. The maximum Gasteiger partial charge on any atom is 0.282 e. The minimum atomic E-state index is -0.929. The molecule has 3 rings (SSSR count). The van der Waals surface area contributed by atoms with Gasteiger partial charge < -0.3 is 0 Å². The summed E-state index contributed by atoms with van der Waals surface area (Å²) in [6.45, 7) is 0. The molecule has 10 heteroatoms. The van der Waals surface area contributed by atoms with Gasteiger partial charge in [-0.15, -0.1) is 0 Å². The van der Waals surface area contributed by atoms with Crippen LogP contribution in [0.1, 0.15) is 21.5 Å². The van der Waals surface area contributed by atoms with Crippen molar-refractivity contribution in [2.45, 2.75) is 0 Å². The Hall–Kier alpha value is -2.83. The highest BCUT2D eigenvalue weighted by molar-refractivity contribution is 9.10. The second-order valence-electron chi connectivity index (χ2n) is 5.28. The largest absolute Gasteiger partial charge is 0.288 e. The van der Waals surface area contributed by atoms with Crippen molar-refractivity contribution < 1.29 is 14.1 Å². The van der Waals surface area contributed by atoms with Crippen LogP contribution in [0.3, 0.4) is 0 Å². The predicted molar refractivity (Wildman–Crippen MR) is 94.6 cm³/mol. The first kappa shape index (κ1) is 18.0. The van der Waals surface area contributed by atoms with Crippen molar-refractivity contribution in [3.8, 4) is 6.07 Å². The second kappa shape index (κ2) is 6.48. The van der Waals surface area contributed by atoms with Crippen LogP contribution in [0.15, 0.2) is 28.9 Å². The fraction of sp³-hybridized carbons (Fsp3) is 0.0625. The second-order valence-corrected chi connectivity index (χ2v) is 6.44. The van der Waals surface area contributed by atoms with E-state index < -0.39 is 27.8 Å². The first-order valence-electron chi connectivity index (χ1n) is 6.99. The average Bonchev–Trinajstić information content (AvgIpc) is 2.89. The van der Waals surface area contributed by atoms with E-state index in [0.29, 0.717) is 9.99 Å². The Bertz CT molecular complexity index is 1150. The summed E-state index contributed by atoms with van der Waals surface area (Å²) in [5, 5.41) is 25.4. The van der Waals surface area contributed by atoms with Crippen molar-refractivity contribution in [3.63, 3.8) is 0 Å². The molecule has 1 aromatic heterocycles. The molecule has 26 heavy (non-hydrogen) atoms. The van der Waals surface area contributed by atoms with E-state index in [1.165, 1.54) is 4.68 Å².